The molecule has 0 amide bonds. The lowest BCUT2D eigenvalue weighted by Crippen LogP contribution is -2.21. The summed E-state index contributed by atoms with van der Waals surface area (Å²) in [6.07, 6.45) is 12.2. The molecule has 0 bridgehead atoms. The fraction of sp³-hybridized carbons (Fsp3) is 0.533. The van der Waals surface area contributed by atoms with E-state index in [9.17, 15) is 4.79 Å². The summed E-state index contributed by atoms with van der Waals surface area (Å²) in [6.45, 7) is 2.04. The third-order valence-corrected chi connectivity index (χ3v) is 3.65. The van der Waals surface area contributed by atoms with Crippen LogP contribution in [-0.4, -0.2) is 19.0 Å². The Labute approximate surface area is 103 Å². The van der Waals surface area contributed by atoms with Crippen LogP contribution in [-0.2, 0) is 9.53 Å². The summed E-state index contributed by atoms with van der Waals surface area (Å²) < 4.78 is 5.34. The lowest BCUT2D eigenvalue weighted by atomic mass is 9.84. The largest absolute Gasteiger partial charge is 0.377 e. The number of Topliss-reactive ketones (excluding diaryl/α,β-unsaturated/α-hetero) is 1. The molecule has 2 atom stereocenters. The molecule has 2 heteroatoms. The van der Waals surface area contributed by atoms with E-state index in [0.29, 0.717) is 5.78 Å². The number of rotatable bonds is 3. The van der Waals surface area contributed by atoms with Gasteiger partial charge in [-0.3, -0.25) is 4.79 Å². The standard InChI is InChI=1S/C15H20O2/c1-11-10-13(8-9-14(11)17-2)15(16)12-6-4-3-5-7-12/h3-4,8,10,12,14H,5-7,9H2,1-2H3. The lowest BCUT2D eigenvalue weighted by Gasteiger charge is -2.22. The Balaban J connectivity index is 2.06. The van der Waals surface area contributed by atoms with Gasteiger partial charge in [-0.05, 0) is 38.2 Å². The van der Waals surface area contributed by atoms with Gasteiger partial charge in [-0.1, -0.05) is 24.3 Å². The van der Waals surface area contributed by atoms with Crippen molar-refractivity contribution in [3.05, 3.63) is 35.5 Å². The molecule has 17 heavy (non-hydrogen) atoms. The smallest absolute Gasteiger partial charge is 0.165 e. The highest BCUT2D eigenvalue weighted by Gasteiger charge is 2.24. The highest BCUT2D eigenvalue weighted by atomic mass is 16.5. The Kier molecular flexibility index (Phi) is 3.95. The second-order valence-corrected chi connectivity index (χ2v) is 4.85. The number of carbonyl (C=O) groups is 1. The maximum absolute atomic E-state index is 12.3. The number of carbonyl (C=O) groups excluding carboxylic acids is 1. The summed E-state index contributed by atoms with van der Waals surface area (Å²) in [5.74, 6) is 0.498. The molecule has 0 spiro atoms. The van der Waals surface area contributed by atoms with Crippen molar-refractivity contribution in [3.63, 3.8) is 0 Å². The van der Waals surface area contributed by atoms with Crippen LogP contribution in [0.2, 0.25) is 0 Å². The Bertz CT molecular complexity index is 388. The average Bonchev–Trinajstić information content (AvgIpc) is 2.39. The van der Waals surface area contributed by atoms with Crippen LogP contribution < -0.4 is 0 Å². The van der Waals surface area contributed by atoms with Crippen LogP contribution in [0.25, 0.3) is 0 Å². The number of ether oxygens (including phenoxy) is 1. The molecule has 2 rings (SSSR count). The van der Waals surface area contributed by atoms with Crippen molar-refractivity contribution < 1.29 is 9.53 Å². The van der Waals surface area contributed by atoms with Crippen molar-refractivity contribution in [2.45, 2.75) is 38.7 Å². The fourth-order valence-electron chi connectivity index (χ4n) is 2.54. The number of hydrogen-bond donors (Lipinski definition) is 0. The second kappa shape index (κ2) is 5.46. The predicted octanol–water partition coefficient (Wildman–Crippen LogP) is 3.20. The van der Waals surface area contributed by atoms with Gasteiger partial charge in [-0.15, -0.1) is 0 Å². The van der Waals surface area contributed by atoms with E-state index >= 15 is 0 Å². The minimum absolute atomic E-state index is 0.151. The van der Waals surface area contributed by atoms with Gasteiger partial charge in [0.05, 0.1) is 6.10 Å². The van der Waals surface area contributed by atoms with Gasteiger partial charge < -0.3 is 4.74 Å². The van der Waals surface area contributed by atoms with Crippen LogP contribution in [0.1, 0.15) is 32.6 Å². The van der Waals surface area contributed by atoms with Crippen molar-refractivity contribution in [1.82, 2.24) is 0 Å². The molecule has 0 saturated heterocycles. The van der Waals surface area contributed by atoms with Crippen molar-refractivity contribution in [1.29, 1.82) is 0 Å². The molecular weight excluding hydrogens is 212 g/mol. The fourth-order valence-corrected chi connectivity index (χ4v) is 2.54. The molecule has 2 aliphatic carbocycles. The monoisotopic (exact) mass is 232 g/mol. The highest BCUT2D eigenvalue weighted by molar-refractivity contribution is 6.00. The SMILES string of the molecule is COC1CC=C(C(=O)C2CC=CCC2)C=C1C. The average molecular weight is 232 g/mol. The van der Waals surface area contributed by atoms with E-state index in [0.717, 1.165) is 36.8 Å². The molecule has 0 radical (unpaired) electrons. The van der Waals surface area contributed by atoms with E-state index < -0.39 is 0 Å². The summed E-state index contributed by atoms with van der Waals surface area (Å²) >= 11 is 0. The number of methoxy groups -OCH3 is 1. The second-order valence-electron chi connectivity index (χ2n) is 4.85. The summed E-state index contributed by atoms with van der Waals surface area (Å²) in [5.41, 5.74) is 2.04. The van der Waals surface area contributed by atoms with Gasteiger partial charge in [-0.25, -0.2) is 0 Å². The van der Waals surface area contributed by atoms with E-state index in [-0.39, 0.29) is 12.0 Å². The van der Waals surface area contributed by atoms with E-state index in [2.05, 4.69) is 12.2 Å². The summed E-state index contributed by atoms with van der Waals surface area (Å²) in [5, 5.41) is 0. The van der Waals surface area contributed by atoms with Crippen molar-refractivity contribution >= 4 is 5.78 Å². The zero-order valence-corrected chi connectivity index (χ0v) is 10.6. The maximum atomic E-state index is 12.3. The molecule has 0 aromatic heterocycles. The third-order valence-electron chi connectivity index (χ3n) is 3.65. The summed E-state index contributed by atoms with van der Waals surface area (Å²) in [7, 11) is 1.72. The highest BCUT2D eigenvalue weighted by Crippen LogP contribution is 2.27. The van der Waals surface area contributed by atoms with Gasteiger partial charge in [0.25, 0.3) is 0 Å². The number of ketones is 1. The quantitative estimate of drug-likeness (QED) is 0.698. The van der Waals surface area contributed by atoms with Crippen LogP contribution in [0.3, 0.4) is 0 Å². The Hall–Kier alpha value is -1.15. The van der Waals surface area contributed by atoms with E-state index in [1.165, 1.54) is 0 Å². The minimum Gasteiger partial charge on any atom is -0.377 e. The molecule has 0 fully saturated rings. The van der Waals surface area contributed by atoms with E-state index in [1.54, 1.807) is 7.11 Å². The molecule has 0 N–H and O–H groups in total. The molecule has 2 aliphatic rings. The van der Waals surface area contributed by atoms with Crippen LogP contribution in [0.4, 0.5) is 0 Å². The summed E-state index contributed by atoms with van der Waals surface area (Å²) in [4.78, 5) is 12.3. The molecule has 0 saturated carbocycles. The lowest BCUT2D eigenvalue weighted by molar-refractivity contribution is -0.119. The van der Waals surface area contributed by atoms with Crippen molar-refractivity contribution in [3.8, 4) is 0 Å². The van der Waals surface area contributed by atoms with E-state index in [4.69, 9.17) is 4.74 Å². The number of allylic oxidation sites excluding steroid dienone is 4. The van der Waals surface area contributed by atoms with Crippen LogP contribution in [0.5, 0.6) is 0 Å². The minimum atomic E-state index is 0.151. The molecule has 2 unspecified atom stereocenters. The van der Waals surface area contributed by atoms with Crippen molar-refractivity contribution in [2.24, 2.45) is 5.92 Å². The maximum Gasteiger partial charge on any atom is 0.165 e. The molecule has 0 aliphatic heterocycles. The molecule has 0 aromatic rings. The molecule has 0 aromatic carbocycles. The van der Waals surface area contributed by atoms with Crippen LogP contribution >= 0.6 is 0 Å². The van der Waals surface area contributed by atoms with E-state index in [1.807, 2.05) is 19.1 Å². The molecular formula is C15H20O2. The predicted molar refractivity (Wildman–Crippen MR) is 68.7 cm³/mol. The summed E-state index contributed by atoms with van der Waals surface area (Å²) in [6, 6.07) is 0. The Morgan fingerprint density at radius 2 is 2.18 bits per heavy atom. The normalized spacial score (nSPS) is 28.6. The van der Waals surface area contributed by atoms with Gasteiger partial charge in [0.15, 0.2) is 5.78 Å². The van der Waals surface area contributed by atoms with Gasteiger partial charge in [0.1, 0.15) is 0 Å². The Morgan fingerprint density at radius 3 is 2.76 bits per heavy atom. The first kappa shape index (κ1) is 12.3. The van der Waals surface area contributed by atoms with Crippen LogP contribution in [0, 0.1) is 5.92 Å². The zero-order chi connectivity index (χ0) is 12.3. The number of hydrogen-bond acceptors (Lipinski definition) is 2. The van der Waals surface area contributed by atoms with Gasteiger partial charge in [-0.2, -0.15) is 0 Å². The first-order valence-corrected chi connectivity index (χ1v) is 6.32. The van der Waals surface area contributed by atoms with Crippen molar-refractivity contribution in [2.75, 3.05) is 7.11 Å². The zero-order valence-electron chi connectivity index (χ0n) is 10.6. The topological polar surface area (TPSA) is 26.3 Å². The first-order chi connectivity index (χ1) is 8.22. The Morgan fingerprint density at radius 1 is 1.35 bits per heavy atom. The first-order valence-electron chi connectivity index (χ1n) is 6.32. The van der Waals surface area contributed by atoms with Gasteiger partial charge in [0.2, 0.25) is 0 Å². The van der Waals surface area contributed by atoms with Crippen LogP contribution in [0.15, 0.2) is 35.5 Å². The van der Waals surface area contributed by atoms with Gasteiger partial charge in [0, 0.05) is 18.6 Å². The third kappa shape index (κ3) is 2.75. The molecule has 2 nitrogen and oxygen atoms in total. The molecule has 92 valence electrons. The molecule has 0 heterocycles. The van der Waals surface area contributed by atoms with Gasteiger partial charge >= 0.3 is 0 Å².